The molecule has 0 heterocycles. The molecule has 1 aliphatic rings. The predicted octanol–water partition coefficient (Wildman–Crippen LogP) is 1.93. The normalized spacial score (nSPS) is 24.9. The summed E-state index contributed by atoms with van der Waals surface area (Å²) in [5, 5.41) is 13.2. The van der Waals surface area contributed by atoms with Gasteiger partial charge in [-0.05, 0) is 26.2 Å². The molecule has 1 fully saturated rings. The molecule has 13 heavy (non-hydrogen) atoms. The molecule has 2 heteroatoms. The van der Waals surface area contributed by atoms with Crippen molar-refractivity contribution in [3.05, 3.63) is 0 Å². The Morgan fingerprint density at radius 2 is 2.15 bits per heavy atom. The zero-order chi connectivity index (χ0) is 9.90. The number of aliphatic hydroxyl groups excluding tert-OH is 1. The lowest BCUT2D eigenvalue weighted by Crippen LogP contribution is -2.45. The van der Waals surface area contributed by atoms with Crippen LogP contribution in [0.4, 0.5) is 0 Å². The highest BCUT2D eigenvalue weighted by atomic mass is 16.3. The van der Waals surface area contributed by atoms with E-state index in [2.05, 4.69) is 19.2 Å². The highest BCUT2D eigenvalue weighted by molar-refractivity contribution is 4.84. The van der Waals surface area contributed by atoms with Gasteiger partial charge in [0.25, 0.3) is 0 Å². The van der Waals surface area contributed by atoms with Crippen molar-refractivity contribution in [2.24, 2.45) is 5.41 Å². The number of hydrogen-bond donors (Lipinski definition) is 2. The monoisotopic (exact) mass is 185 g/mol. The summed E-state index contributed by atoms with van der Waals surface area (Å²) in [5.41, 5.74) is 0.0512. The second-order valence-corrected chi connectivity index (χ2v) is 4.69. The Morgan fingerprint density at radius 1 is 1.54 bits per heavy atom. The van der Waals surface area contributed by atoms with Crippen LogP contribution in [-0.4, -0.2) is 23.8 Å². The lowest BCUT2D eigenvalue weighted by Gasteiger charge is -2.36. The molecule has 0 radical (unpaired) electrons. The number of aliphatic hydroxyl groups is 1. The van der Waals surface area contributed by atoms with E-state index in [1.165, 1.54) is 19.3 Å². The summed E-state index contributed by atoms with van der Waals surface area (Å²) >= 11 is 0. The van der Waals surface area contributed by atoms with Crippen molar-refractivity contribution in [1.29, 1.82) is 0 Å². The summed E-state index contributed by atoms with van der Waals surface area (Å²) in [7, 11) is 0. The third kappa shape index (κ3) is 2.68. The first-order valence-corrected chi connectivity index (χ1v) is 5.50. The molecule has 0 spiro atoms. The van der Waals surface area contributed by atoms with Gasteiger partial charge in [-0.15, -0.1) is 0 Å². The van der Waals surface area contributed by atoms with E-state index in [0.717, 1.165) is 19.0 Å². The third-order valence-electron chi connectivity index (χ3n) is 3.72. The first-order chi connectivity index (χ1) is 6.08. The van der Waals surface area contributed by atoms with Crippen LogP contribution in [0.3, 0.4) is 0 Å². The summed E-state index contributed by atoms with van der Waals surface area (Å²) in [4.78, 5) is 0. The van der Waals surface area contributed by atoms with Crippen LogP contribution in [0.5, 0.6) is 0 Å². The Kier molecular flexibility index (Phi) is 3.74. The van der Waals surface area contributed by atoms with Crippen LogP contribution in [0, 0.1) is 5.41 Å². The fraction of sp³-hybridized carbons (Fsp3) is 1.00. The summed E-state index contributed by atoms with van der Waals surface area (Å²) in [6.45, 7) is 7.15. The quantitative estimate of drug-likeness (QED) is 0.686. The van der Waals surface area contributed by atoms with Crippen LogP contribution >= 0.6 is 0 Å². The Labute approximate surface area is 81.7 Å². The first-order valence-electron chi connectivity index (χ1n) is 5.50. The highest BCUT2D eigenvalue weighted by Crippen LogP contribution is 2.26. The summed E-state index contributed by atoms with van der Waals surface area (Å²) in [6.07, 6.45) is 4.82. The SMILES string of the molecule is CCC(C)(CNC1CCC1)C(C)O. The molecule has 0 bridgehead atoms. The number of hydrogen-bond acceptors (Lipinski definition) is 2. The Balaban J connectivity index is 2.29. The van der Waals surface area contributed by atoms with Gasteiger partial charge in [-0.25, -0.2) is 0 Å². The molecule has 2 N–H and O–H groups in total. The van der Waals surface area contributed by atoms with E-state index in [9.17, 15) is 5.11 Å². The fourth-order valence-electron chi connectivity index (χ4n) is 1.56. The summed E-state index contributed by atoms with van der Waals surface area (Å²) < 4.78 is 0. The smallest absolute Gasteiger partial charge is 0.0577 e. The van der Waals surface area contributed by atoms with Gasteiger partial charge in [0, 0.05) is 18.0 Å². The molecule has 78 valence electrons. The second kappa shape index (κ2) is 4.43. The highest BCUT2D eigenvalue weighted by Gasteiger charge is 2.29. The van der Waals surface area contributed by atoms with Crippen LogP contribution in [0.2, 0.25) is 0 Å². The first kappa shape index (κ1) is 11.0. The van der Waals surface area contributed by atoms with Gasteiger partial charge in [-0.1, -0.05) is 20.3 Å². The lowest BCUT2D eigenvalue weighted by atomic mass is 9.81. The third-order valence-corrected chi connectivity index (χ3v) is 3.72. The van der Waals surface area contributed by atoms with Gasteiger partial charge in [-0.3, -0.25) is 0 Å². The van der Waals surface area contributed by atoms with Gasteiger partial charge in [0.2, 0.25) is 0 Å². The molecular formula is C11H23NO. The van der Waals surface area contributed by atoms with Gasteiger partial charge >= 0.3 is 0 Å². The second-order valence-electron chi connectivity index (χ2n) is 4.69. The van der Waals surface area contributed by atoms with Crippen LogP contribution in [0.15, 0.2) is 0 Å². The summed E-state index contributed by atoms with van der Waals surface area (Å²) in [5.74, 6) is 0. The molecule has 0 aliphatic heterocycles. The van der Waals surface area contributed by atoms with Crippen LogP contribution in [-0.2, 0) is 0 Å². The average molecular weight is 185 g/mol. The lowest BCUT2D eigenvalue weighted by molar-refractivity contribution is 0.0446. The molecular weight excluding hydrogens is 162 g/mol. The minimum atomic E-state index is -0.218. The molecule has 1 aliphatic carbocycles. The minimum absolute atomic E-state index is 0.0512. The Morgan fingerprint density at radius 3 is 2.46 bits per heavy atom. The maximum atomic E-state index is 9.64. The van der Waals surface area contributed by atoms with E-state index < -0.39 is 0 Å². The van der Waals surface area contributed by atoms with Crippen molar-refractivity contribution >= 4 is 0 Å². The van der Waals surface area contributed by atoms with E-state index in [4.69, 9.17) is 0 Å². The molecule has 2 atom stereocenters. The number of nitrogens with one attached hydrogen (secondary N) is 1. The molecule has 2 unspecified atom stereocenters. The van der Waals surface area contributed by atoms with E-state index in [1.54, 1.807) is 0 Å². The maximum Gasteiger partial charge on any atom is 0.0577 e. The van der Waals surface area contributed by atoms with Gasteiger partial charge < -0.3 is 10.4 Å². The van der Waals surface area contributed by atoms with Crippen molar-refractivity contribution in [3.8, 4) is 0 Å². The van der Waals surface area contributed by atoms with Gasteiger partial charge in [0.15, 0.2) is 0 Å². The topological polar surface area (TPSA) is 32.3 Å². The van der Waals surface area contributed by atoms with Crippen LogP contribution in [0.1, 0.15) is 46.5 Å². The van der Waals surface area contributed by atoms with Crippen molar-refractivity contribution in [1.82, 2.24) is 5.32 Å². The number of rotatable bonds is 5. The standard InChI is InChI=1S/C11H23NO/c1-4-11(3,9(2)13)8-12-10-6-5-7-10/h9-10,12-13H,4-8H2,1-3H3. The Bertz CT molecular complexity index is 154. The van der Waals surface area contributed by atoms with Gasteiger partial charge in [0.1, 0.15) is 0 Å². The Hall–Kier alpha value is -0.0800. The van der Waals surface area contributed by atoms with Crippen molar-refractivity contribution in [2.75, 3.05) is 6.54 Å². The van der Waals surface area contributed by atoms with Crippen LogP contribution in [0.25, 0.3) is 0 Å². The van der Waals surface area contributed by atoms with Crippen molar-refractivity contribution in [3.63, 3.8) is 0 Å². The molecule has 0 saturated heterocycles. The molecule has 0 aromatic carbocycles. The fourth-order valence-corrected chi connectivity index (χ4v) is 1.56. The summed E-state index contributed by atoms with van der Waals surface area (Å²) in [6, 6.07) is 0.727. The van der Waals surface area contributed by atoms with Gasteiger partial charge in [-0.2, -0.15) is 0 Å². The van der Waals surface area contributed by atoms with Crippen molar-refractivity contribution in [2.45, 2.75) is 58.6 Å². The van der Waals surface area contributed by atoms with E-state index in [-0.39, 0.29) is 11.5 Å². The van der Waals surface area contributed by atoms with Crippen LogP contribution < -0.4 is 5.32 Å². The molecule has 0 aromatic heterocycles. The van der Waals surface area contributed by atoms with E-state index in [0.29, 0.717) is 0 Å². The minimum Gasteiger partial charge on any atom is -0.393 e. The van der Waals surface area contributed by atoms with E-state index in [1.807, 2.05) is 6.92 Å². The zero-order valence-corrected chi connectivity index (χ0v) is 9.14. The largest absolute Gasteiger partial charge is 0.393 e. The van der Waals surface area contributed by atoms with Crippen molar-refractivity contribution < 1.29 is 5.11 Å². The molecule has 0 aromatic rings. The molecule has 1 rings (SSSR count). The zero-order valence-electron chi connectivity index (χ0n) is 9.14. The average Bonchev–Trinajstić information content (AvgIpc) is 2.01. The van der Waals surface area contributed by atoms with Gasteiger partial charge in [0.05, 0.1) is 6.10 Å². The predicted molar refractivity (Wildman–Crippen MR) is 55.7 cm³/mol. The molecule has 2 nitrogen and oxygen atoms in total. The molecule has 0 amide bonds. The maximum absolute atomic E-state index is 9.64. The van der Waals surface area contributed by atoms with E-state index >= 15 is 0 Å². The molecule has 1 saturated carbocycles.